The zero-order chi connectivity index (χ0) is 7.52. The normalized spacial score (nSPS) is 32.2. The molecular weight excluding hydrogens is 142 g/mol. The highest BCUT2D eigenvalue weighted by Gasteiger charge is 2.21. The van der Waals surface area contributed by atoms with Gasteiger partial charge in [-0.15, -0.1) is 0 Å². The van der Waals surface area contributed by atoms with Gasteiger partial charge in [-0.3, -0.25) is 0 Å². The lowest BCUT2D eigenvalue weighted by molar-refractivity contribution is -0.132. The van der Waals surface area contributed by atoms with Gasteiger partial charge in [-0.25, -0.2) is 0 Å². The molecule has 2 aliphatic heterocycles. The van der Waals surface area contributed by atoms with Crippen LogP contribution in [0.4, 0.5) is 0 Å². The zero-order valence-electron chi connectivity index (χ0n) is 6.71. The summed E-state index contributed by atoms with van der Waals surface area (Å²) in [6, 6.07) is 0.607. The van der Waals surface area contributed by atoms with E-state index in [2.05, 4.69) is 5.32 Å². The highest BCUT2D eigenvalue weighted by atomic mass is 16.6. The monoisotopic (exact) mass is 157 g/mol. The van der Waals surface area contributed by atoms with E-state index < -0.39 is 0 Å². The molecule has 2 aliphatic rings. The first-order valence-corrected chi connectivity index (χ1v) is 4.38. The molecule has 1 N–H and O–H groups in total. The lowest BCUT2D eigenvalue weighted by Gasteiger charge is -2.27. The fourth-order valence-electron chi connectivity index (χ4n) is 1.46. The van der Waals surface area contributed by atoms with Crippen LogP contribution in [-0.4, -0.2) is 38.5 Å². The average Bonchev–Trinajstić information content (AvgIpc) is 2.36. The topological polar surface area (TPSA) is 30.5 Å². The quantitative estimate of drug-likeness (QED) is 0.632. The van der Waals surface area contributed by atoms with Crippen molar-refractivity contribution >= 4 is 0 Å². The van der Waals surface area contributed by atoms with E-state index in [0.717, 1.165) is 26.4 Å². The van der Waals surface area contributed by atoms with Gasteiger partial charge < -0.3 is 14.8 Å². The van der Waals surface area contributed by atoms with Gasteiger partial charge in [0.15, 0.2) is 0 Å². The molecular formula is C8H15NO2. The van der Waals surface area contributed by atoms with Gasteiger partial charge >= 0.3 is 0 Å². The van der Waals surface area contributed by atoms with Crippen LogP contribution in [0.15, 0.2) is 0 Å². The number of hydrogen-bond acceptors (Lipinski definition) is 3. The molecule has 0 radical (unpaired) electrons. The second-order valence-electron chi connectivity index (χ2n) is 3.29. The minimum atomic E-state index is 0.386. The Kier molecular flexibility index (Phi) is 2.41. The molecule has 0 aromatic rings. The summed E-state index contributed by atoms with van der Waals surface area (Å²) in [6.07, 6.45) is 2.96. The largest absolute Gasteiger partial charge is 0.376 e. The molecule has 1 atom stereocenters. The molecule has 64 valence electrons. The van der Waals surface area contributed by atoms with E-state index in [4.69, 9.17) is 9.47 Å². The average molecular weight is 157 g/mol. The Morgan fingerprint density at radius 1 is 1.45 bits per heavy atom. The van der Waals surface area contributed by atoms with Crippen LogP contribution in [0.5, 0.6) is 0 Å². The van der Waals surface area contributed by atoms with Gasteiger partial charge in [-0.05, 0) is 19.4 Å². The molecule has 0 saturated carbocycles. The van der Waals surface area contributed by atoms with Crippen molar-refractivity contribution in [3.63, 3.8) is 0 Å². The van der Waals surface area contributed by atoms with Crippen LogP contribution in [0.3, 0.4) is 0 Å². The molecule has 2 saturated heterocycles. The van der Waals surface area contributed by atoms with Gasteiger partial charge in [-0.2, -0.15) is 0 Å². The number of ether oxygens (including phenoxy) is 2. The minimum absolute atomic E-state index is 0.386. The third-order valence-electron chi connectivity index (χ3n) is 2.30. The summed E-state index contributed by atoms with van der Waals surface area (Å²) in [4.78, 5) is 0. The molecule has 2 heterocycles. The van der Waals surface area contributed by atoms with Gasteiger partial charge in [0.2, 0.25) is 0 Å². The molecule has 0 aromatic heterocycles. The lowest BCUT2D eigenvalue weighted by Crippen LogP contribution is -2.39. The highest BCUT2D eigenvalue weighted by molar-refractivity contribution is 4.75. The van der Waals surface area contributed by atoms with E-state index in [9.17, 15) is 0 Å². The van der Waals surface area contributed by atoms with E-state index in [1.807, 2.05) is 0 Å². The lowest BCUT2D eigenvalue weighted by atomic mass is 10.2. The van der Waals surface area contributed by atoms with Crippen molar-refractivity contribution in [2.24, 2.45) is 0 Å². The van der Waals surface area contributed by atoms with Crippen LogP contribution < -0.4 is 5.32 Å². The molecule has 2 fully saturated rings. The first-order chi connectivity index (χ1) is 5.45. The van der Waals surface area contributed by atoms with Gasteiger partial charge in [0.25, 0.3) is 0 Å². The van der Waals surface area contributed by atoms with Gasteiger partial charge in [0.1, 0.15) is 6.10 Å². The van der Waals surface area contributed by atoms with Crippen molar-refractivity contribution in [1.82, 2.24) is 5.32 Å². The Bertz CT molecular complexity index is 119. The summed E-state index contributed by atoms with van der Waals surface area (Å²) < 4.78 is 10.6. The molecule has 3 nitrogen and oxygen atoms in total. The molecule has 1 unspecified atom stereocenters. The summed E-state index contributed by atoms with van der Waals surface area (Å²) in [5.74, 6) is 0. The standard InChI is InChI=1S/C8H15NO2/c1-2-7(9-3-1)4-11-8-5-10-6-8/h7-9H,1-6H2. The first-order valence-electron chi connectivity index (χ1n) is 4.38. The number of nitrogens with one attached hydrogen (secondary N) is 1. The molecule has 0 aliphatic carbocycles. The van der Waals surface area contributed by atoms with E-state index in [1.165, 1.54) is 12.8 Å². The van der Waals surface area contributed by atoms with E-state index in [0.29, 0.717) is 12.1 Å². The molecule has 0 amide bonds. The maximum Gasteiger partial charge on any atom is 0.104 e. The van der Waals surface area contributed by atoms with E-state index >= 15 is 0 Å². The Labute approximate surface area is 67.1 Å². The summed E-state index contributed by atoms with van der Waals surface area (Å²) in [5.41, 5.74) is 0. The molecule has 0 aromatic carbocycles. The summed E-state index contributed by atoms with van der Waals surface area (Å²) >= 11 is 0. The van der Waals surface area contributed by atoms with E-state index in [1.54, 1.807) is 0 Å². The smallest absolute Gasteiger partial charge is 0.104 e. The van der Waals surface area contributed by atoms with Crippen LogP contribution in [0.2, 0.25) is 0 Å². The SMILES string of the molecule is C1CNC(COC2COC2)C1. The molecule has 11 heavy (non-hydrogen) atoms. The molecule has 0 spiro atoms. The van der Waals surface area contributed by atoms with Crippen LogP contribution >= 0.6 is 0 Å². The Hall–Kier alpha value is -0.120. The second-order valence-corrected chi connectivity index (χ2v) is 3.29. The second kappa shape index (κ2) is 3.52. The summed E-state index contributed by atoms with van der Waals surface area (Å²) in [7, 11) is 0. The molecule has 2 rings (SSSR count). The van der Waals surface area contributed by atoms with Gasteiger partial charge in [0.05, 0.1) is 19.8 Å². The van der Waals surface area contributed by atoms with Gasteiger partial charge in [0, 0.05) is 6.04 Å². The Balaban J connectivity index is 1.57. The Morgan fingerprint density at radius 2 is 2.36 bits per heavy atom. The van der Waals surface area contributed by atoms with Crippen molar-refractivity contribution in [1.29, 1.82) is 0 Å². The maximum atomic E-state index is 5.57. The highest BCUT2D eigenvalue weighted by Crippen LogP contribution is 2.09. The van der Waals surface area contributed by atoms with Crippen molar-refractivity contribution in [3.05, 3.63) is 0 Å². The van der Waals surface area contributed by atoms with Crippen LogP contribution in [-0.2, 0) is 9.47 Å². The molecule has 3 heteroatoms. The first kappa shape index (κ1) is 7.53. The third-order valence-corrected chi connectivity index (χ3v) is 2.30. The zero-order valence-corrected chi connectivity index (χ0v) is 6.71. The van der Waals surface area contributed by atoms with Crippen LogP contribution in [0.25, 0.3) is 0 Å². The maximum absolute atomic E-state index is 5.57. The van der Waals surface area contributed by atoms with Crippen LogP contribution in [0.1, 0.15) is 12.8 Å². The molecule has 0 bridgehead atoms. The van der Waals surface area contributed by atoms with Crippen molar-refractivity contribution in [2.75, 3.05) is 26.4 Å². The van der Waals surface area contributed by atoms with Crippen molar-refractivity contribution in [2.45, 2.75) is 25.0 Å². The van der Waals surface area contributed by atoms with Gasteiger partial charge in [-0.1, -0.05) is 0 Å². The minimum Gasteiger partial charge on any atom is -0.376 e. The third kappa shape index (κ3) is 1.92. The van der Waals surface area contributed by atoms with E-state index in [-0.39, 0.29) is 0 Å². The fraction of sp³-hybridized carbons (Fsp3) is 1.00. The summed E-state index contributed by atoms with van der Waals surface area (Å²) in [5, 5.41) is 3.39. The van der Waals surface area contributed by atoms with Crippen LogP contribution in [0, 0.1) is 0 Å². The predicted molar refractivity (Wildman–Crippen MR) is 41.6 cm³/mol. The number of rotatable bonds is 3. The predicted octanol–water partition coefficient (Wildman–Crippen LogP) is 0.154. The van der Waals surface area contributed by atoms with Crippen molar-refractivity contribution in [3.8, 4) is 0 Å². The Morgan fingerprint density at radius 3 is 2.91 bits per heavy atom. The van der Waals surface area contributed by atoms with Crippen molar-refractivity contribution < 1.29 is 9.47 Å². The number of hydrogen-bond donors (Lipinski definition) is 1. The summed E-state index contributed by atoms with van der Waals surface area (Å²) in [6.45, 7) is 3.63. The fourth-order valence-corrected chi connectivity index (χ4v) is 1.46.